The summed E-state index contributed by atoms with van der Waals surface area (Å²) >= 11 is 0. The summed E-state index contributed by atoms with van der Waals surface area (Å²) in [6.45, 7) is 3.96. The van der Waals surface area contributed by atoms with Crippen molar-refractivity contribution in [1.29, 1.82) is 0 Å². The summed E-state index contributed by atoms with van der Waals surface area (Å²) in [5.41, 5.74) is 1.23. The molecule has 0 saturated carbocycles. The van der Waals surface area contributed by atoms with Crippen molar-refractivity contribution in [3.63, 3.8) is 0 Å². The monoisotopic (exact) mass is 292 g/mol. The van der Waals surface area contributed by atoms with Crippen LogP contribution in [0.5, 0.6) is 0 Å². The third-order valence-corrected chi connectivity index (χ3v) is 4.91. The minimum atomic E-state index is -0.648. The van der Waals surface area contributed by atoms with E-state index in [0.717, 1.165) is 51.9 Å². The average molecular weight is 292 g/mol. The zero-order valence-electron chi connectivity index (χ0n) is 12.6. The van der Waals surface area contributed by atoms with Crippen LogP contribution >= 0.6 is 0 Å². The van der Waals surface area contributed by atoms with Crippen LogP contribution in [0.1, 0.15) is 31.4 Å². The minimum Gasteiger partial charge on any atom is -0.480 e. The average Bonchev–Trinajstić information content (AvgIpc) is 3.10. The van der Waals surface area contributed by atoms with Crippen molar-refractivity contribution in [2.45, 2.75) is 44.3 Å². The fourth-order valence-corrected chi connectivity index (χ4v) is 3.67. The quantitative estimate of drug-likeness (QED) is 0.894. The Morgan fingerprint density at radius 3 is 2.71 bits per heavy atom. The molecule has 1 atom stereocenters. The number of nitrogens with zero attached hydrogens (tertiary/aromatic N) is 4. The summed E-state index contributed by atoms with van der Waals surface area (Å²) in [5, 5.41) is 9.31. The van der Waals surface area contributed by atoms with Gasteiger partial charge in [0.15, 0.2) is 0 Å². The predicted molar refractivity (Wildman–Crippen MR) is 78.9 cm³/mol. The number of piperidine rings is 1. The van der Waals surface area contributed by atoms with E-state index in [1.54, 1.807) is 0 Å². The van der Waals surface area contributed by atoms with Gasteiger partial charge < -0.3 is 9.67 Å². The van der Waals surface area contributed by atoms with Crippen LogP contribution in [0.4, 0.5) is 0 Å². The molecule has 3 rings (SSSR count). The molecule has 2 aliphatic rings. The maximum atomic E-state index is 11.3. The second-order valence-corrected chi connectivity index (χ2v) is 6.24. The van der Waals surface area contributed by atoms with Crippen LogP contribution in [-0.2, 0) is 18.4 Å². The summed E-state index contributed by atoms with van der Waals surface area (Å²) in [5.74, 6) is -0.648. The van der Waals surface area contributed by atoms with Crippen LogP contribution in [0.25, 0.3) is 0 Å². The smallest absolute Gasteiger partial charge is 0.320 e. The first kappa shape index (κ1) is 14.5. The van der Waals surface area contributed by atoms with Crippen LogP contribution in [0.2, 0.25) is 0 Å². The molecule has 116 valence electrons. The molecule has 1 aromatic heterocycles. The van der Waals surface area contributed by atoms with E-state index in [9.17, 15) is 9.90 Å². The molecule has 6 nitrogen and oxygen atoms in total. The van der Waals surface area contributed by atoms with E-state index in [1.807, 2.05) is 19.6 Å². The van der Waals surface area contributed by atoms with E-state index in [0.29, 0.717) is 6.04 Å². The molecule has 0 aliphatic carbocycles. The van der Waals surface area contributed by atoms with Crippen molar-refractivity contribution in [2.24, 2.45) is 7.05 Å². The van der Waals surface area contributed by atoms with Gasteiger partial charge in [0.1, 0.15) is 6.04 Å². The lowest BCUT2D eigenvalue weighted by Crippen LogP contribution is -2.48. The molecule has 3 heterocycles. The first-order valence-corrected chi connectivity index (χ1v) is 7.81. The molecular weight excluding hydrogens is 268 g/mol. The molecule has 0 amide bonds. The Kier molecular flexibility index (Phi) is 4.26. The highest BCUT2D eigenvalue weighted by molar-refractivity contribution is 5.73. The highest BCUT2D eigenvalue weighted by Crippen LogP contribution is 2.26. The van der Waals surface area contributed by atoms with E-state index in [2.05, 4.69) is 19.4 Å². The van der Waals surface area contributed by atoms with Gasteiger partial charge in [0.25, 0.3) is 0 Å². The molecule has 1 unspecified atom stereocenters. The second-order valence-electron chi connectivity index (χ2n) is 6.24. The van der Waals surface area contributed by atoms with Crippen molar-refractivity contribution in [1.82, 2.24) is 19.4 Å². The van der Waals surface area contributed by atoms with Crippen molar-refractivity contribution in [3.8, 4) is 0 Å². The van der Waals surface area contributed by atoms with Gasteiger partial charge in [-0.25, -0.2) is 4.98 Å². The lowest BCUT2D eigenvalue weighted by Gasteiger charge is -2.38. The van der Waals surface area contributed by atoms with Gasteiger partial charge in [0.05, 0.1) is 12.0 Å². The van der Waals surface area contributed by atoms with E-state index in [1.165, 1.54) is 5.69 Å². The Morgan fingerprint density at radius 2 is 2.10 bits per heavy atom. The van der Waals surface area contributed by atoms with E-state index in [4.69, 9.17) is 0 Å². The lowest BCUT2D eigenvalue weighted by atomic mass is 10.0. The van der Waals surface area contributed by atoms with Gasteiger partial charge in [-0.2, -0.15) is 0 Å². The topological polar surface area (TPSA) is 61.6 Å². The number of carbonyl (C=O) groups is 1. The molecule has 0 radical (unpaired) electrons. The van der Waals surface area contributed by atoms with E-state index >= 15 is 0 Å². The van der Waals surface area contributed by atoms with Gasteiger partial charge in [-0.1, -0.05) is 0 Å². The number of carboxylic acids is 1. The molecular formula is C15H24N4O2. The van der Waals surface area contributed by atoms with Gasteiger partial charge in [-0.15, -0.1) is 0 Å². The number of likely N-dealkylation sites (tertiary alicyclic amines) is 2. The zero-order valence-corrected chi connectivity index (χ0v) is 12.6. The van der Waals surface area contributed by atoms with Crippen molar-refractivity contribution in [3.05, 3.63) is 18.2 Å². The molecule has 2 fully saturated rings. The SMILES string of the molecule is Cn1cncc1CN1CCC(N2CCCC2C(=O)O)CC1. The number of imidazole rings is 1. The minimum absolute atomic E-state index is 0.251. The number of hydrogen-bond acceptors (Lipinski definition) is 4. The Hall–Kier alpha value is -1.40. The highest BCUT2D eigenvalue weighted by Gasteiger charge is 2.36. The molecule has 2 aliphatic heterocycles. The van der Waals surface area contributed by atoms with Crippen LogP contribution in [0.3, 0.4) is 0 Å². The number of hydrogen-bond donors (Lipinski definition) is 1. The van der Waals surface area contributed by atoms with Crippen LogP contribution in [0, 0.1) is 0 Å². The largest absolute Gasteiger partial charge is 0.480 e. The van der Waals surface area contributed by atoms with Crippen LogP contribution in [0.15, 0.2) is 12.5 Å². The molecule has 21 heavy (non-hydrogen) atoms. The summed E-state index contributed by atoms with van der Waals surface area (Å²) in [7, 11) is 2.02. The highest BCUT2D eigenvalue weighted by atomic mass is 16.4. The maximum absolute atomic E-state index is 11.3. The summed E-state index contributed by atoms with van der Waals surface area (Å²) in [6, 6.07) is 0.190. The first-order chi connectivity index (χ1) is 10.1. The van der Waals surface area contributed by atoms with Gasteiger partial charge in [0, 0.05) is 38.9 Å². The normalized spacial score (nSPS) is 25.5. The Morgan fingerprint density at radius 1 is 1.33 bits per heavy atom. The fourth-order valence-electron chi connectivity index (χ4n) is 3.67. The lowest BCUT2D eigenvalue weighted by molar-refractivity contribution is -0.143. The Bertz CT molecular complexity index is 494. The molecule has 1 N–H and O–H groups in total. The van der Waals surface area contributed by atoms with Crippen LogP contribution in [-0.4, -0.2) is 62.1 Å². The standard InChI is InChI=1S/C15H24N4O2/c1-17-11-16-9-13(17)10-18-7-4-12(5-8-18)19-6-2-3-14(19)15(20)21/h9,11-12,14H,2-8,10H2,1H3,(H,20,21). The molecule has 0 spiro atoms. The third-order valence-electron chi connectivity index (χ3n) is 4.91. The number of carboxylic acid groups (broad SMARTS) is 1. The summed E-state index contributed by atoms with van der Waals surface area (Å²) in [4.78, 5) is 20.1. The van der Waals surface area contributed by atoms with E-state index < -0.39 is 5.97 Å². The Balaban J connectivity index is 1.53. The van der Waals surface area contributed by atoms with Crippen molar-refractivity contribution in [2.75, 3.05) is 19.6 Å². The van der Waals surface area contributed by atoms with Gasteiger partial charge in [-0.05, 0) is 32.2 Å². The summed E-state index contributed by atoms with van der Waals surface area (Å²) in [6.07, 6.45) is 7.73. The number of aliphatic carboxylic acids is 1. The molecule has 0 aromatic carbocycles. The van der Waals surface area contributed by atoms with Crippen molar-refractivity contribution < 1.29 is 9.90 Å². The molecule has 0 bridgehead atoms. The van der Waals surface area contributed by atoms with Crippen molar-refractivity contribution >= 4 is 5.97 Å². The van der Waals surface area contributed by atoms with Crippen LogP contribution < -0.4 is 0 Å². The predicted octanol–water partition coefficient (Wildman–Crippen LogP) is 0.933. The first-order valence-electron chi connectivity index (χ1n) is 7.81. The molecule has 2 saturated heterocycles. The third kappa shape index (κ3) is 3.11. The van der Waals surface area contributed by atoms with E-state index in [-0.39, 0.29) is 6.04 Å². The number of aryl methyl sites for hydroxylation is 1. The second kappa shape index (κ2) is 6.15. The maximum Gasteiger partial charge on any atom is 0.320 e. The number of aromatic nitrogens is 2. The van der Waals surface area contributed by atoms with Gasteiger partial charge >= 0.3 is 5.97 Å². The molecule has 1 aromatic rings. The number of rotatable bonds is 4. The zero-order chi connectivity index (χ0) is 14.8. The molecule has 6 heteroatoms. The van der Waals surface area contributed by atoms with Gasteiger partial charge in [-0.3, -0.25) is 14.6 Å². The Labute approximate surface area is 125 Å². The summed E-state index contributed by atoms with van der Waals surface area (Å²) < 4.78 is 2.06. The van der Waals surface area contributed by atoms with Gasteiger partial charge in [0.2, 0.25) is 0 Å². The fraction of sp³-hybridized carbons (Fsp3) is 0.733.